The maximum absolute atomic E-state index is 12.0. The summed E-state index contributed by atoms with van der Waals surface area (Å²) < 4.78 is 26.6. The Labute approximate surface area is 125 Å². The van der Waals surface area contributed by atoms with Gasteiger partial charge in [0.2, 0.25) is 15.9 Å². The third-order valence-corrected chi connectivity index (χ3v) is 4.69. The average molecular weight is 311 g/mol. The Kier molecular flexibility index (Phi) is 5.19. The highest BCUT2D eigenvalue weighted by Gasteiger charge is 2.29. The average Bonchev–Trinajstić information content (AvgIpc) is 3.29. The molecule has 0 saturated heterocycles. The van der Waals surface area contributed by atoms with E-state index in [1.807, 2.05) is 6.92 Å². The first-order chi connectivity index (χ1) is 10.0. The number of rotatable bonds is 8. The van der Waals surface area contributed by atoms with Crippen molar-refractivity contribution in [1.82, 2.24) is 10.0 Å². The van der Waals surface area contributed by atoms with Crippen molar-refractivity contribution in [2.24, 2.45) is 5.92 Å². The van der Waals surface area contributed by atoms with Gasteiger partial charge in [0.1, 0.15) is 0 Å². The first kappa shape index (κ1) is 15.8. The molecule has 21 heavy (non-hydrogen) atoms. The molecule has 1 aliphatic rings. The molecule has 6 nitrogen and oxygen atoms in total. The molecule has 116 valence electrons. The molecule has 0 unspecified atom stereocenters. The van der Waals surface area contributed by atoms with Crippen molar-refractivity contribution < 1.29 is 13.2 Å². The van der Waals surface area contributed by atoms with Crippen LogP contribution in [0.4, 0.5) is 5.69 Å². The Morgan fingerprint density at radius 2 is 1.86 bits per heavy atom. The first-order valence-electron chi connectivity index (χ1n) is 7.14. The number of hydrogen-bond donors (Lipinski definition) is 3. The van der Waals surface area contributed by atoms with Crippen molar-refractivity contribution in [2.45, 2.75) is 24.7 Å². The van der Waals surface area contributed by atoms with Crippen LogP contribution in [-0.4, -0.2) is 34.0 Å². The summed E-state index contributed by atoms with van der Waals surface area (Å²) >= 11 is 0. The van der Waals surface area contributed by atoms with Crippen LogP contribution >= 0.6 is 0 Å². The topological polar surface area (TPSA) is 87.3 Å². The van der Waals surface area contributed by atoms with Crippen LogP contribution in [0.5, 0.6) is 0 Å². The quantitative estimate of drug-likeness (QED) is 0.623. The number of amides is 1. The molecule has 0 spiro atoms. The second-order valence-corrected chi connectivity index (χ2v) is 6.78. The largest absolute Gasteiger partial charge is 0.385 e. The van der Waals surface area contributed by atoms with E-state index in [1.165, 1.54) is 0 Å². The number of nitrogens with one attached hydrogen (secondary N) is 3. The highest BCUT2D eigenvalue weighted by molar-refractivity contribution is 7.89. The SMILES string of the molecule is CCNc1ccc(S(=O)(=O)NCCNC(=O)C2CC2)cc1. The molecule has 0 aromatic heterocycles. The number of benzene rings is 1. The van der Waals surface area contributed by atoms with Gasteiger partial charge in [-0.2, -0.15) is 0 Å². The summed E-state index contributed by atoms with van der Waals surface area (Å²) in [6, 6.07) is 6.58. The third kappa shape index (κ3) is 4.71. The first-order valence-corrected chi connectivity index (χ1v) is 8.62. The van der Waals surface area contributed by atoms with Crippen molar-refractivity contribution in [3.05, 3.63) is 24.3 Å². The van der Waals surface area contributed by atoms with Crippen LogP contribution in [-0.2, 0) is 14.8 Å². The fourth-order valence-corrected chi connectivity index (χ4v) is 2.93. The molecule has 0 atom stereocenters. The molecule has 1 amide bonds. The summed E-state index contributed by atoms with van der Waals surface area (Å²) in [5.41, 5.74) is 0.883. The number of hydrogen-bond acceptors (Lipinski definition) is 4. The minimum Gasteiger partial charge on any atom is -0.385 e. The molecule has 7 heteroatoms. The fraction of sp³-hybridized carbons (Fsp3) is 0.500. The molecule has 1 fully saturated rings. The maximum atomic E-state index is 12.0. The van der Waals surface area contributed by atoms with Crippen molar-refractivity contribution in [3.8, 4) is 0 Å². The van der Waals surface area contributed by atoms with E-state index in [0.29, 0.717) is 6.54 Å². The normalized spacial score (nSPS) is 14.7. The molecule has 0 radical (unpaired) electrons. The van der Waals surface area contributed by atoms with Gasteiger partial charge in [-0.05, 0) is 44.0 Å². The summed E-state index contributed by atoms with van der Waals surface area (Å²) in [5, 5.41) is 5.82. The third-order valence-electron chi connectivity index (χ3n) is 3.21. The smallest absolute Gasteiger partial charge is 0.240 e. The van der Waals surface area contributed by atoms with Crippen molar-refractivity contribution >= 4 is 21.6 Å². The highest BCUT2D eigenvalue weighted by atomic mass is 32.2. The highest BCUT2D eigenvalue weighted by Crippen LogP contribution is 2.28. The summed E-state index contributed by atoms with van der Waals surface area (Å²) in [4.78, 5) is 11.6. The van der Waals surface area contributed by atoms with Crippen LogP contribution in [0.25, 0.3) is 0 Å². The van der Waals surface area contributed by atoms with Crippen LogP contribution in [0.1, 0.15) is 19.8 Å². The number of sulfonamides is 1. The van der Waals surface area contributed by atoms with Gasteiger partial charge in [0, 0.05) is 31.2 Å². The fourth-order valence-electron chi connectivity index (χ4n) is 1.90. The maximum Gasteiger partial charge on any atom is 0.240 e. The molecule has 1 aliphatic carbocycles. The van der Waals surface area contributed by atoms with Gasteiger partial charge in [-0.1, -0.05) is 0 Å². The summed E-state index contributed by atoms with van der Waals surface area (Å²) in [5.74, 6) is 0.157. The molecule has 1 aromatic carbocycles. The number of carbonyl (C=O) groups is 1. The summed E-state index contributed by atoms with van der Waals surface area (Å²) in [6.45, 7) is 3.26. The number of anilines is 1. The van der Waals surface area contributed by atoms with Crippen LogP contribution in [0.2, 0.25) is 0 Å². The van der Waals surface area contributed by atoms with E-state index >= 15 is 0 Å². The summed E-state index contributed by atoms with van der Waals surface area (Å²) in [6.07, 6.45) is 1.88. The Morgan fingerprint density at radius 3 is 2.43 bits per heavy atom. The van der Waals surface area contributed by atoms with E-state index in [0.717, 1.165) is 25.1 Å². The van der Waals surface area contributed by atoms with Gasteiger partial charge in [-0.15, -0.1) is 0 Å². The van der Waals surface area contributed by atoms with E-state index < -0.39 is 10.0 Å². The van der Waals surface area contributed by atoms with E-state index in [4.69, 9.17) is 0 Å². The molecule has 3 N–H and O–H groups in total. The Hall–Kier alpha value is -1.60. The molecular weight excluding hydrogens is 290 g/mol. The Morgan fingerprint density at radius 1 is 1.19 bits per heavy atom. The lowest BCUT2D eigenvalue weighted by Crippen LogP contribution is -2.35. The molecule has 0 bridgehead atoms. The van der Waals surface area contributed by atoms with Crippen molar-refractivity contribution in [3.63, 3.8) is 0 Å². The van der Waals surface area contributed by atoms with Crippen LogP contribution in [0.3, 0.4) is 0 Å². The van der Waals surface area contributed by atoms with Gasteiger partial charge in [-0.25, -0.2) is 13.1 Å². The van der Waals surface area contributed by atoms with Gasteiger partial charge in [0.25, 0.3) is 0 Å². The molecule has 1 aromatic rings. The van der Waals surface area contributed by atoms with Crippen molar-refractivity contribution in [2.75, 3.05) is 25.0 Å². The van der Waals surface area contributed by atoms with Crippen LogP contribution < -0.4 is 15.4 Å². The second kappa shape index (κ2) is 6.91. The van der Waals surface area contributed by atoms with Gasteiger partial charge in [0.05, 0.1) is 4.90 Å². The molecular formula is C14H21N3O3S. The standard InChI is InChI=1S/C14H21N3O3S/c1-2-15-12-5-7-13(8-6-12)21(19,20)17-10-9-16-14(18)11-3-4-11/h5-8,11,15,17H,2-4,9-10H2,1H3,(H,16,18). The Balaban J connectivity index is 1.81. The van der Waals surface area contributed by atoms with Gasteiger partial charge in [-0.3, -0.25) is 4.79 Å². The van der Waals surface area contributed by atoms with Crippen molar-refractivity contribution in [1.29, 1.82) is 0 Å². The van der Waals surface area contributed by atoms with E-state index in [2.05, 4.69) is 15.4 Å². The minimum atomic E-state index is -3.52. The lowest BCUT2D eigenvalue weighted by atomic mass is 10.3. The van der Waals surface area contributed by atoms with Gasteiger partial charge >= 0.3 is 0 Å². The van der Waals surface area contributed by atoms with E-state index in [9.17, 15) is 13.2 Å². The van der Waals surface area contributed by atoms with Crippen LogP contribution in [0.15, 0.2) is 29.2 Å². The predicted molar refractivity (Wildman–Crippen MR) is 81.5 cm³/mol. The van der Waals surface area contributed by atoms with E-state index in [1.54, 1.807) is 24.3 Å². The van der Waals surface area contributed by atoms with Crippen LogP contribution in [0, 0.1) is 5.92 Å². The second-order valence-electron chi connectivity index (χ2n) is 5.02. The van der Waals surface area contributed by atoms with E-state index in [-0.39, 0.29) is 23.3 Å². The molecule has 0 aliphatic heterocycles. The number of carbonyl (C=O) groups excluding carboxylic acids is 1. The summed E-state index contributed by atoms with van der Waals surface area (Å²) in [7, 11) is -3.52. The zero-order chi connectivity index (χ0) is 15.3. The zero-order valence-corrected chi connectivity index (χ0v) is 12.9. The Bertz CT molecular complexity index is 580. The monoisotopic (exact) mass is 311 g/mol. The molecule has 2 rings (SSSR count). The lowest BCUT2D eigenvalue weighted by Gasteiger charge is -2.09. The lowest BCUT2D eigenvalue weighted by molar-refractivity contribution is -0.122. The predicted octanol–water partition coefficient (Wildman–Crippen LogP) is 0.923. The zero-order valence-electron chi connectivity index (χ0n) is 12.1. The van der Waals surface area contributed by atoms with Gasteiger partial charge in [0.15, 0.2) is 0 Å². The minimum absolute atomic E-state index is 0.0178. The molecule has 0 heterocycles. The van der Waals surface area contributed by atoms with Gasteiger partial charge < -0.3 is 10.6 Å². The molecule has 1 saturated carbocycles.